The van der Waals surface area contributed by atoms with E-state index in [-0.39, 0.29) is 17.7 Å². The Balaban J connectivity index is 1.62. The number of nitrogens with one attached hydrogen (secondary N) is 1. The highest BCUT2D eigenvalue weighted by Gasteiger charge is 2.33. The summed E-state index contributed by atoms with van der Waals surface area (Å²) in [5.74, 6) is 0.109. The van der Waals surface area contributed by atoms with Crippen LogP contribution in [0.25, 0.3) is 0 Å². The molecule has 0 bridgehead atoms. The summed E-state index contributed by atoms with van der Waals surface area (Å²) < 4.78 is 0. The number of rotatable bonds is 3. The smallest absolute Gasteiger partial charge is 0.253 e. The Bertz CT molecular complexity index is 572. The molecule has 6 nitrogen and oxygen atoms in total. The lowest BCUT2D eigenvalue weighted by molar-refractivity contribution is -0.138. The van der Waals surface area contributed by atoms with E-state index in [9.17, 15) is 9.59 Å². The number of amides is 2. The van der Waals surface area contributed by atoms with Crippen molar-refractivity contribution in [2.75, 3.05) is 33.2 Å². The molecule has 0 saturated carbocycles. The molecular weight excluding hydrogens is 304 g/mol. The molecule has 1 atom stereocenters. The van der Waals surface area contributed by atoms with Crippen molar-refractivity contribution in [3.63, 3.8) is 0 Å². The second-order valence-corrected chi connectivity index (χ2v) is 6.76. The van der Waals surface area contributed by atoms with Crippen molar-refractivity contribution >= 4 is 11.8 Å². The molecule has 1 N–H and O–H groups in total. The van der Waals surface area contributed by atoms with E-state index in [1.165, 1.54) is 0 Å². The van der Waals surface area contributed by atoms with Crippen LogP contribution in [0.5, 0.6) is 0 Å². The van der Waals surface area contributed by atoms with E-state index >= 15 is 0 Å². The molecule has 2 saturated heterocycles. The fourth-order valence-electron chi connectivity index (χ4n) is 3.70. The summed E-state index contributed by atoms with van der Waals surface area (Å²) >= 11 is 0. The zero-order chi connectivity index (χ0) is 16.9. The third-order valence-electron chi connectivity index (χ3n) is 5.19. The molecule has 3 rings (SSSR count). The van der Waals surface area contributed by atoms with Crippen LogP contribution in [0.1, 0.15) is 36.0 Å². The minimum absolute atomic E-state index is 0.000538. The molecule has 2 aliphatic rings. The van der Waals surface area contributed by atoms with Gasteiger partial charge >= 0.3 is 0 Å². The lowest BCUT2D eigenvalue weighted by Gasteiger charge is -2.37. The van der Waals surface area contributed by atoms with Gasteiger partial charge in [0.1, 0.15) is 0 Å². The largest absolute Gasteiger partial charge is 0.342 e. The van der Waals surface area contributed by atoms with Crippen molar-refractivity contribution in [3.05, 3.63) is 30.1 Å². The maximum Gasteiger partial charge on any atom is 0.253 e. The maximum absolute atomic E-state index is 12.9. The Kier molecular flexibility index (Phi) is 5.45. The normalized spacial score (nSPS) is 22.2. The molecule has 0 aliphatic carbocycles. The van der Waals surface area contributed by atoms with Crippen LogP contribution in [0.3, 0.4) is 0 Å². The summed E-state index contributed by atoms with van der Waals surface area (Å²) in [4.78, 5) is 33.2. The lowest BCUT2D eigenvalue weighted by atomic mass is 9.94. The SMILES string of the molecule is CN(C(=O)C1CCCN(C(=O)c2ccncc2)C1)C1CCNCC1. The van der Waals surface area contributed by atoms with Crippen LogP contribution >= 0.6 is 0 Å². The average molecular weight is 330 g/mol. The van der Waals surface area contributed by atoms with Crippen molar-refractivity contribution in [1.82, 2.24) is 20.1 Å². The molecule has 0 radical (unpaired) electrons. The van der Waals surface area contributed by atoms with Crippen LogP contribution in [0.15, 0.2) is 24.5 Å². The van der Waals surface area contributed by atoms with Crippen molar-refractivity contribution in [2.45, 2.75) is 31.7 Å². The zero-order valence-electron chi connectivity index (χ0n) is 14.3. The molecule has 2 fully saturated rings. The topological polar surface area (TPSA) is 65.5 Å². The first-order valence-corrected chi connectivity index (χ1v) is 8.83. The summed E-state index contributed by atoms with van der Waals surface area (Å²) in [6, 6.07) is 3.79. The quantitative estimate of drug-likeness (QED) is 0.903. The van der Waals surface area contributed by atoms with Gasteiger partial charge in [0.2, 0.25) is 5.91 Å². The van der Waals surface area contributed by atoms with Crippen molar-refractivity contribution in [3.8, 4) is 0 Å². The number of carbonyl (C=O) groups excluding carboxylic acids is 2. The summed E-state index contributed by atoms with van der Waals surface area (Å²) in [6.45, 7) is 3.19. The van der Waals surface area contributed by atoms with Crippen molar-refractivity contribution in [1.29, 1.82) is 0 Å². The van der Waals surface area contributed by atoms with Gasteiger partial charge in [-0.2, -0.15) is 0 Å². The van der Waals surface area contributed by atoms with Crippen LogP contribution in [-0.2, 0) is 4.79 Å². The molecule has 0 aromatic carbocycles. The average Bonchev–Trinajstić information content (AvgIpc) is 2.67. The van der Waals surface area contributed by atoms with Crippen molar-refractivity contribution in [2.24, 2.45) is 5.92 Å². The highest BCUT2D eigenvalue weighted by Crippen LogP contribution is 2.22. The van der Waals surface area contributed by atoms with Crippen molar-refractivity contribution < 1.29 is 9.59 Å². The molecule has 24 heavy (non-hydrogen) atoms. The van der Waals surface area contributed by atoms with E-state index in [4.69, 9.17) is 0 Å². The summed E-state index contributed by atoms with van der Waals surface area (Å²) in [5.41, 5.74) is 0.643. The second kappa shape index (κ2) is 7.75. The van der Waals surface area contributed by atoms with Gasteiger partial charge in [-0.15, -0.1) is 0 Å². The molecule has 0 spiro atoms. The molecular formula is C18H26N4O2. The number of carbonyl (C=O) groups is 2. The summed E-state index contributed by atoms with van der Waals surface area (Å²) in [5, 5.41) is 3.33. The predicted molar refractivity (Wildman–Crippen MR) is 91.5 cm³/mol. The van der Waals surface area contributed by atoms with Crippen LogP contribution in [0.2, 0.25) is 0 Å². The van der Waals surface area contributed by atoms with Gasteiger partial charge < -0.3 is 15.1 Å². The van der Waals surface area contributed by atoms with Crippen LogP contribution in [-0.4, -0.2) is 65.9 Å². The monoisotopic (exact) mass is 330 g/mol. The van der Waals surface area contributed by atoms with Gasteiger partial charge in [-0.1, -0.05) is 0 Å². The Morgan fingerprint density at radius 1 is 1.21 bits per heavy atom. The van der Waals surface area contributed by atoms with E-state index < -0.39 is 0 Å². The first-order chi connectivity index (χ1) is 11.7. The fraction of sp³-hybridized carbons (Fsp3) is 0.611. The third kappa shape index (κ3) is 3.75. The van der Waals surface area contributed by atoms with Gasteiger partial charge in [-0.3, -0.25) is 14.6 Å². The highest BCUT2D eigenvalue weighted by atomic mass is 16.2. The first kappa shape index (κ1) is 16.9. The Morgan fingerprint density at radius 2 is 1.92 bits per heavy atom. The molecule has 6 heteroatoms. The van der Waals surface area contributed by atoms with E-state index in [2.05, 4.69) is 10.3 Å². The van der Waals surface area contributed by atoms with Crippen LogP contribution < -0.4 is 5.32 Å². The zero-order valence-corrected chi connectivity index (χ0v) is 14.3. The number of likely N-dealkylation sites (tertiary alicyclic amines) is 1. The van der Waals surface area contributed by atoms with Gasteiger partial charge in [0.25, 0.3) is 5.91 Å². The number of nitrogens with zero attached hydrogens (tertiary/aromatic N) is 3. The van der Waals surface area contributed by atoms with Crippen LogP contribution in [0.4, 0.5) is 0 Å². The number of piperidine rings is 2. The minimum atomic E-state index is -0.0792. The number of pyridine rings is 1. The van der Waals surface area contributed by atoms with E-state index in [1.807, 2.05) is 16.8 Å². The Labute approximate surface area is 143 Å². The molecule has 2 amide bonds. The van der Waals surface area contributed by atoms with Gasteiger partial charge in [0.15, 0.2) is 0 Å². The molecule has 1 aromatic heterocycles. The molecule has 1 unspecified atom stereocenters. The van der Waals surface area contributed by atoms with Gasteiger partial charge in [0, 0.05) is 44.1 Å². The maximum atomic E-state index is 12.9. The Hall–Kier alpha value is -1.95. The summed E-state index contributed by atoms with van der Waals surface area (Å²) in [7, 11) is 1.92. The van der Waals surface area contributed by atoms with Gasteiger partial charge in [0.05, 0.1) is 5.92 Å². The standard InChI is InChI=1S/C18H26N4O2/c1-21(16-6-10-20-11-7-16)17(23)15-3-2-12-22(13-15)18(24)14-4-8-19-9-5-14/h4-5,8-9,15-16,20H,2-3,6-7,10-13H2,1H3. The molecule has 2 aliphatic heterocycles. The van der Waals surface area contributed by atoms with Crippen LogP contribution in [0, 0.1) is 5.92 Å². The first-order valence-electron chi connectivity index (χ1n) is 8.83. The Morgan fingerprint density at radius 3 is 2.62 bits per heavy atom. The molecule has 3 heterocycles. The second-order valence-electron chi connectivity index (χ2n) is 6.76. The van der Waals surface area contributed by atoms with Gasteiger partial charge in [-0.05, 0) is 50.9 Å². The van der Waals surface area contributed by atoms with Gasteiger partial charge in [-0.25, -0.2) is 0 Å². The molecule has 130 valence electrons. The molecule has 1 aromatic rings. The minimum Gasteiger partial charge on any atom is -0.342 e. The number of aromatic nitrogens is 1. The lowest BCUT2D eigenvalue weighted by Crippen LogP contribution is -2.50. The van der Waals surface area contributed by atoms with E-state index in [1.54, 1.807) is 24.5 Å². The van der Waals surface area contributed by atoms with E-state index in [0.29, 0.717) is 18.2 Å². The number of hydrogen-bond donors (Lipinski definition) is 1. The fourth-order valence-corrected chi connectivity index (χ4v) is 3.70. The number of hydrogen-bond acceptors (Lipinski definition) is 4. The van der Waals surface area contributed by atoms with E-state index in [0.717, 1.165) is 45.3 Å². The summed E-state index contributed by atoms with van der Waals surface area (Å²) in [6.07, 6.45) is 7.03. The predicted octanol–water partition coefficient (Wildman–Crippen LogP) is 1.14. The third-order valence-corrected chi connectivity index (χ3v) is 5.19. The highest BCUT2D eigenvalue weighted by molar-refractivity contribution is 5.94.